The number of ether oxygens (including phenoxy) is 1. The van der Waals surface area contributed by atoms with Crippen molar-refractivity contribution in [2.24, 2.45) is 5.92 Å². The Labute approximate surface area is 268 Å². The van der Waals surface area contributed by atoms with Gasteiger partial charge in [-0.3, -0.25) is 14.5 Å². The van der Waals surface area contributed by atoms with Gasteiger partial charge in [0.05, 0.1) is 10.6 Å². The van der Waals surface area contributed by atoms with E-state index in [9.17, 15) is 44.3 Å². The Hall–Kier alpha value is -3.04. The Balaban J connectivity index is 1.67. The highest BCUT2D eigenvalue weighted by atomic mass is 35.5. The molecule has 46 heavy (non-hydrogen) atoms. The average Bonchev–Trinajstić information content (AvgIpc) is 3.31. The first-order valence-corrected chi connectivity index (χ1v) is 16.6. The third-order valence-electron chi connectivity index (χ3n) is 8.63. The number of hydrogen-bond donors (Lipinski definition) is 0. The predicted octanol–water partition coefficient (Wildman–Crippen LogP) is 6.09. The lowest BCUT2D eigenvalue weighted by Crippen LogP contribution is -2.55. The topological polar surface area (TPSA) is 87.2 Å². The minimum absolute atomic E-state index is 0.0310. The molecule has 254 valence electrons. The molecular weight excluding hydrogens is 664 g/mol. The van der Waals surface area contributed by atoms with Crippen LogP contribution in [0.25, 0.3) is 0 Å². The van der Waals surface area contributed by atoms with Crippen LogP contribution in [-0.4, -0.2) is 86.1 Å². The maximum atomic E-state index is 13.9. The zero-order chi connectivity index (χ0) is 34.2. The minimum atomic E-state index is -5.46. The summed E-state index contributed by atoms with van der Waals surface area (Å²) in [6.07, 6.45) is -9.56. The van der Waals surface area contributed by atoms with Crippen LogP contribution in [0, 0.1) is 5.92 Å². The number of likely N-dealkylation sites (tertiary alicyclic amines) is 1. The third kappa shape index (κ3) is 8.26. The van der Waals surface area contributed by atoms with Crippen molar-refractivity contribution in [3.63, 3.8) is 0 Å². The highest BCUT2D eigenvalue weighted by molar-refractivity contribution is 7.91. The molecule has 2 amide bonds. The summed E-state index contributed by atoms with van der Waals surface area (Å²) in [5, 5.41) is 0.343. The Morgan fingerprint density at radius 1 is 1.04 bits per heavy atom. The van der Waals surface area contributed by atoms with Crippen molar-refractivity contribution >= 4 is 38.9 Å². The van der Waals surface area contributed by atoms with Crippen LogP contribution in [-0.2, 0) is 19.4 Å². The first kappa shape index (κ1) is 35.8. The molecule has 1 aliphatic carbocycles. The van der Waals surface area contributed by atoms with Crippen molar-refractivity contribution < 1.29 is 49.1 Å². The summed E-state index contributed by atoms with van der Waals surface area (Å²) in [7, 11) is -1.97. The lowest BCUT2D eigenvalue weighted by atomic mass is 9.81. The predicted molar refractivity (Wildman–Crippen MR) is 158 cm³/mol. The minimum Gasteiger partial charge on any atom is -0.406 e. The van der Waals surface area contributed by atoms with Gasteiger partial charge < -0.3 is 14.5 Å². The number of alkyl halides is 6. The lowest BCUT2D eigenvalue weighted by molar-refractivity contribution is -0.274. The third-order valence-corrected chi connectivity index (χ3v) is 10.7. The second-order valence-electron chi connectivity index (χ2n) is 11.8. The van der Waals surface area contributed by atoms with Gasteiger partial charge in [0, 0.05) is 41.4 Å². The van der Waals surface area contributed by atoms with E-state index >= 15 is 0 Å². The van der Waals surface area contributed by atoms with Crippen LogP contribution >= 0.6 is 11.6 Å². The molecule has 0 aromatic heterocycles. The SMILES string of the molecule is CC(C)N(C)[C@@H]1CC[C@H](N2CC[C@H](N(C(=O)C(F)(F)F)c3cccc(OC(F)(F)F)c3)C2=O)[C@@H](CS(=O)(=O)c2ccc(Cl)cc2)C1. The Morgan fingerprint density at radius 2 is 1.70 bits per heavy atom. The fourth-order valence-corrected chi connectivity index (χ4v) is 8.08. The molecule has 8 nitrogen and oxygen atoms in total. The van der Waals surface area contributed by atoms with Crippen LogP contribution in [0.3, 0.4) is 0 Å². The zero-order valence-electron chi connectivity index (χ0n) is 25.2. The van der Waals surface area contributed by atoms with Crippen LogP contribution < -0.4 is 9.64 Å². The summed E-state index contributed by atoms with van der Waals surface area (Å²) in [5.74, 6) is -5.11. The number of sulfone groups is 1. The highest BCUT2D eigenvalue weighted by Gasteiger charge is 2.51. The normalized spacial score (nSPS) is 22.9. The van der Waals surface area contributed by atoms with Crippen molar-refractivity contribution in [2.75, 3.05) is 24.2 Å². The van der Waals surface area contributed by atoms with E-state index in [0.29, 0.717) is 30.4 Å². The molecule has 4 atom stereocenters. The maximum Gasteiger partial charge on any atom is 0.573 e. The first-order valence-electron chi connectivity index (χ1n) is 14.6. The Bertz CT molecular complexity index is 1520. The smallest absolute Gasteiger partial charge is 0.406 e. The number of rotatable bonds is 9. The average molecular weight is 698 g/mol. The summed E-state index contributed by atoms with van der Waals surface area (Å²) < 4.78 is 111. The molecule has 1 saturated carbocycles. The molecule has 0 spiro atoms. The summed E-state index contributed by atoms with van der Waals surface area (Å²) in [4.78, 5) is 30.2. The van der Waals surface area contributed by atoms with Crippen molar-refractivity contribution in [3.8, 4) is 5.75 Å². The largest absolute Gasteiger partial charge is 0.573 e. The summed E-state index contributed by atoms with van der Waals surface area (Å²) in [6.45, 7) is 3.89. The van der Waals surface area contributed by atoms with Crippen molar-refractivity contribution in [2.45, 2.75) is 81.1 Å². The number of anilines is 1. The van der Waals surface area contributed by atoms with E-state index in [4.69, 9.17) is 11.6 Å². The van der Waals surface area contributed by atoms with E-state index in [1.54, 1.807) is 0 Å². The van der Waals surface area contributed by atoms with Crippen LogP contribution in [0.2, 0.25) is 5.02 Å². The van der Waals surface area contributed by atoms with E-state index in [1.807, 2.05) is 20.9 Å². The van der Waals surface area contributed by atoms with E-state index in [-0.39, 0.29) is 40.6 Å². The summed E-state index contributed by atoms with van der Waals surface area (Å²) in [5.41, 5.74) is -0.603. The van der Waals surface area contributed by atoms with Gasteiger partial charge in [0.25, 0.3) is 0 Å². The van der Waals surface area contributed by atoms with Crippen LogP contribution in [0.4, 0.5) is 32.0 Å². The summed E-state index contributed by atoms with van der Waals surface area (Å²) >= 11 is 5.93. The van der Waals surface area contributed by atoms with Crippen LogP contribution in [0.5, 0.6) is 5.75 Å². The molecule has 0 radical (unpaired) electrons. The first-order chi connectivity index (χ1) is 21.3. The molecule has 0 bridgehead atoms. The molecule has 0 N–H and O–H groups in total. The second kappa shape index (κ2) is 13.6. The number of halogens is 7. The molecule has 2 aromatic rings. The standard InChI is InChI=1S/C30H34ClF6N3O5S/c1-18(2)38(3)21-9-12-25(19(15-21)17-46(43,44)24-10-7-20(31)8-11-24)39-14-13-26(27(39)41)40(28(42)29(32,33)34)22-5-4-6-23(16-22)45-30(35,36)37/h4-8,10-11,16,18-19,21,25-26H,9,12-15,17H2,1-3H3/t19-,21-,25+,26+/m1/s1. The van der Waals surface area contributed by atoms with Crippen LogP contribution in [0.1, 0.15) is 39.5 Å². The second-order valence-corrected chi connectivity index (χ2v) is 14.3. The Morgan fingerprint density at radius 3 is 2.28 bits per heavy atom. The number of hydrogen-bond acceptors (Lipinski definition) is 6. The monoisotopic (exact) mass is 697 g/mol. The van der Waals surface area contributed by atoms with E-state index < -0.39 is 63.6 Å². The Kier molecular flexibility index (Phi) is 10.6. The highest BCUT2D eigenvalue weighted by Crippen LogP contribution is 2.39. The number of nitrogens with zero attached hydrogens (tertiary/aromatic N) is 3. The molecule has 16 heteroatoms. The molecule has 2 aliphatic rings. The lowest BCUT2D eigenvalue weighted by Gasteiger charge is -2.44. The molecule has 2 aromatic carbocycles. The van der Waals surface area contributed by atoms with Gasteiger partial charge in [-0.25, -0.2) is 8.42 Å². The van der Waals surface area contributed by atoms with Gasteiger partial charge in [-0.2, -0.15) is 13.2 Å². The molecular formula is C30H34ClF6N3O5S. The summed E-state index contributed by atoms with van der Waals surface area (Å²) in [6, 6.07) is 6.79. The van der Waals surface area contributed by atoms with E-state index in [0.717, 1.165) is 18.2 Å². The number of benzene rings is 2. The number of carbonyl (C=O) groups is 2. The van der Waals surface area contributed by atoms with Gasteiger partial charge in [0.15, 0.2) is 9.84 Å². The van der Waals surface area contributed by atoms with Gasteiger partial charge in [-0.15, -0.1) is 13.2 Å². The quantitative estimate of drug-likeness (QED) is 0.295. The number of carbonyl (C=O) groups excluding carboxylic acids is 2. The van der Waals surface area contributed by atoms with E-state index in [2.05, 4.69) is 9.64 Å². The molecule has 4 rings (SSSR count). The number of amides is 2. The fourth-order valence-electron chi connectivity index (χ4n) is 6.29. The van der Waals surface area contributed by atoms with Gasteiger partial charge in [0.2, 0.25) is 5.91 Å². The fraction of sp³-hybridized carbons (Fsp3) is 0.533. The molecule has 1 heterocycles. The van der Waals surface area contributed by atoms with Crippen molar-refractivity contribution in [1.29, 1.82) is 0 Å². The zero-order valence-corrected chi connectivity index (χ0v) is 26.8. The molecule has 1 saturated heterocycles. The van der Waals surface area contributed by atoms with Crippen LogP contribution in [0.15, 0.2) is 53.4 Å². The maximum absolute atomic E-state index is 13.9. The van der Waals surface area contributed by atoms with Gasteiger partial charge >= 0.3 is 18.4 Å². The van der Waals surface area contributed by atoms with Gasteiger partial charge in [-0.05, 0) is 88.9 Å². The van der Waals surface area contributed by atoms with Gasteiger partial charge in [0.1, 0.15) is 11.8 Å². The van der Waals surface area contributed by atoms with Crippen molar-refractivity contribution in [3.05, 3.63) is 53.6 Å². The molecule has 0 unspecified atom stereocenters. The van der Waals surface area contributed by atoms with E-state index in [1.165, 1.54) is 29.2 Å². The van der Waals surface area contributed by atoms with Gasteiger partial charge in [-0.1, -0.05) is 17.7 Å². The molecule has 2 fully saturated rings. The van der Waals surface area contributed by atoms with Crippen molar-refractivity contribution in [1.82, 2.24) is 9.80 Å². The molecule has 1 aliphatic heterocycles.